The molecule has 1 aliphatic rings. The molecule has 70 valence electrons. The normalized spacial score (nSPS) is 20.4. The molecule has 0 spiro atoms. The highest BCUT2D eigenvalue weighted by molar-refractivity contribution is 5.09. The van der Waals surface area contributed by atoms with Gasteiger partial charge in [-0.1, -0.05) is 18.9 Å². The van der Waals surface area contributed by atoms with E-state index in [-0.39, 0.29) is 6.04 Å². The van der Waals surface area contributed by atoms with E-state index < -0.39 is 0 Å². The molecule has 13 heavy (non-hydrogen) atoms. The average molecular weight is 176 g/mol. The van der Waals surface area contributed by atoms with E-state index in [0.717, 1.165) is 5.69 Å². The molecular formula is C11H16N2. The number of hydrogen-bond donors (Lipinski definition) is 1. The molecule has 0 bridgehead atoms. The van der Waals surface area contributed by atoms with E-state index in [1.54, 1.807) is 0 Å². The van der Waals surface area contributed by atoms with E-state index in [1.165, 1.54) is 25.7 Å². The molecule has 2 heteroatoms. The molecule has 2 N–H and O–H groups in total. The fourth-order valence-corrected chi connectivity index (χ4v) is 2.13. The molecule has 1 heterocycles. The summed E-state index contributed by atoms with van der Waals surface area (Å²) < 4.78 is 0. The molecule has 0 aromatic carbocycles. The highest BCUT2D eigenvalue weighted by Crippen LogP contribution is 2.33. The number of rotatable bonds is 2. The maximum atomic E-state index is 6.14. The van der Waals surface area contributed by atoms with Gasteiger partial charge in [-0.05, 0) is 30.9 Å². The fraction of sp³-hybridized carbons (Fsp3) is 0.545. The fourth-order valence-electron chi connectivity index (χ4n) is 2.13. The number of nitrogens with two attached hydrogens (primary N) is 1. The summed E-state index contributed by atoms with van der Waals surface area (Å²) in [5.41, 5.74) is 7.19. The Bertz CT molecular complexity index is 252. The third kappa shape index (κ3) is 1.89. The van der Waals surface area contributed by atoms with Crippen LogP contribution in [0.1, 0.15) is 37.4 Å². The topological polar surface area (TPSA) is 38.9 Å². The van der Waals surface area contributed by atoms with Crippen LogP contribution in [0.3, 0.4) is 0 Å². The van der Waals surface area contributed by atoms with Crippen molar-refractivity contribution in [3.63, 3.8) is 0 Å². The SMILES string of the molecule is N[C@H](c1ccccn1)C1CCCC1. The molecule has 1 aromatic rings. The van der Waals surface area contributed by atoms with Gasteiger partial charge in [0.1, 0.15) is 0 Å². The molecule has 0 radical (unpaired) electrons. The Hall–Kier alpha value is -0.890. The van der Waals surface area contributed by atoms with Gasteiger partial charge in [-0.2, -0.15) is 0 Å². The van der Waals surface area contributed by atoms with Crippen molar-refractivity contribution in [1.82, 2.24) is 4.98 Å². The maximum absolute atomic E-state index is 6.14. The Kier molecular flexibility index (Phi) is 2.60. The van der Waals surface area contributed by atoms with E-state index in [1.807, 2.05) is 24.4 Å². The minimum atomic E-state index is 0.156. The summed E-state index contributed by atoms with van der Waals surface area (Å²) in [6.07, 6.45) is 7.05. The van der Waals surface area contributed by atoms with Crippen LogP contribution in [0, 0.1) is 5.92 Å². The minimum absolute atomic E-state index is 0.156. The standard InChI is InChI=1S/C11H16N2/c12-11(9-5-1-2-6-9)10-7-3-4-8-13-10/h3-4,7-9,11H,1-2,5-6,12H2/t11-/m0/s1. The van der Waals surface area contributed by atoms with Gasteiger partial charge in [0.15, 0.2) is 0 Å². The van der Waals surface area contributed by atoms with Crippen LogP contribution in [0.15, 0.2) is 24.4 Å². The van der Waals surface area contributed by atoms with E-state index >= 15 is 0 Å². The van der Waals surface area contributed by atoms with Crippen LogP contribution in [0.2, 0.25) is 0 Å². The Morgan fingerprint density at radius 2 is 2.08 bits per heavy atom. The van der Waals surface area contributed by atoms with Gasteiger partial charge >= 0.3 is 0 Å². The molecule has 2 rings (SSSR count). The zero-order valence-corrected chi connectivity index (χ0v) is 7.82. The van der Waals surface area contributed by atoms with Crippen molar-refractivity contribution in [2.75, 3.05) is 0 Å². The Labute approximate surface area is 79.2 Å². The lowest BCUT2D eigenvalue weighted by atomic mass is 9.96. The predicted octanol–water partition coefficient (Wildman–Crippen LogP) is 2.27. The smallest absolute Gasteiger partial charge is 0.0573 e. The molecule has 0 aliphatic heterocycles. The molecule has 1 aliphatic carbocycles. The quantitative estimate of drug-likeness (QED) is 0.750. The molecule has 1 fully saturated rings. The summed E-state index contributed by atoms with van der Waals surface area (Å²) >= 11 is 0. The first-order valence-corrected chi connectivity index (χ1v) is 5.04. The van der Waals surface area contributed by atoms with E-state index in [0.29, 0.717) is 5.92 Å². The van der Waals surface area contributed by atoms with Crippen LogP contribution in [-0.4, -0.2) is 4.98 Å². The summed E-state index contributed by atoms with van der Waals surface area (Å²) in [5, 5.41) is 0. The summed E-state index contributed by atoms with van der Waals surface area (Å²) in [7, 11) is 0. The number of hydrogen-bond acceptors (Lipinski definition) is 2. The van der Waals surface area contributed by atoms with Crippen LogP contribution in [0.4, 0.5) is 0 Å². The zero-order chi connectivity index (χ0) is 9.10. The van der Waals surface area contributed by atoms with Crippen molar-refractivity contribution in [2.45, 2.75) is 31.7 Å². The number of pyridine rings is 1. The molecule has 1 saturated carbocycles. The van der Waals surface area contributed by atoms with Crippen molar-refractivity contribution in [3.05, 3.63) is 30.1 Å². The monoisotopic (exact) mass is 176 g/mol. The molecule has 1 aromatic heterocycles. The second-order valence-corrected chi connectivity index (χ2v) is 3.82. The maximum Gasteiger partial charge on any atom is 0.0573 e. The number of nitrogens with zero attached hydrogens (tertiary/aromatic N) is 1. The van der Waals surface area contributed by atoms with Crippen molar-refractivity contribution >= 4 is 0 Å². The first kappa shape index (κ1) is 8.70. The second-order valence-electron chi connectivity index (χ2n) is 3.82. The summed E-state index contributed by atoms with van der Waals surface area (Å²) in [6.45, 7) is 0. The van der Waals surface area contributed by atoms with Crippen LogP contribution >= 0.6 is 0 Å². The number of aromatic nitrogens is 1. The van der Waals surface area contributed by atoms with Gasteiger partial charge < -0.3 is 5.73 Å². The Morgan fingerprint density at radius 3 is 2.69 bits per heavy atom. The molecule has 0 unspecified atom stereocenters. The van der Waals surface area contributed by atoms with Crippen molar-refractivity contribution in [1.29, 1.82) is 0 Å². The highest BCUT2D eigenvalue weighted by Gasteiger charge is 2.23. The van der Waals surface area contributed by atoms with Crippen LogP contribution in [0.25, 0.3) is 0 Å². The van der Waals surface area contributed by atoms with Crippen LogP contribution < -0.4 is 5.73 Å². The van der Waals surface area contributed by atoms with Crippen LogP contribution in [-0.2, 0) is 0 Å². The first-order chi connectivity index (χ1) is 6.38. The second kappa shape index (κ2) is 3.88. The summed E-state index contributed by atoms with van der Waals surface area (Å²) in [6, 6.07) is 6.13. The van der Waals surface area contributed by atoms with Gasteiger partial charge in [0.2, 0.25) is 0 Å². The highest BCUT2D eigenvalue weighted by atomic mass is 14.8. The van der Waals surface area contributed by atoms with Crippen molar-refractivity contribution < 1.29 is 0 Å². The van der Waals surface area contributed by atoms with Crippen molar-refractivity contribution in [2.24, 2.45) is 11.7 Å². The molecular weight excluding hydrogens is 160 g/mol. The lowest BCUT2D eigenvalue weighted by molar-refractivity contribution is 0.437. The third-order valence-electron chi connectivity index (χ3n) is 2.94. The average Bonchev–Trinajstić information content (AvgIpc) is 2.71. The zero-order valence-electron chi connectivity index (χ0n) is 7.82. The van der Waals surface area contributed by atoms with Gasteiger partial charge in [-0.15, -0.1) is 0 Å². The van der Waals surface area contributed by atoms with Gasteiger partial charge in [-0.3, -0.25) is 4.98 Å². The van der Waals surface area contributed by atoms with Crippen molar-refractivity contribution in [3.8, 4) is 0 Å². The first-order valence-electron chi connectivity index (χ1n) is 5.04. The Balaban J connectivity index is 2.08. The van der Waals surface area contributed by atoms with E-state index in [4.69, 9.17) is 5.73 Å². The Morgan fingerprint density at radius 1 is 1.31 bits per heavy atom. The lowest BCUT2D eigenvalue weighted by Crippen LogP contribution is -2.20. The third-order valence-corrected chi connectivity index (χ3v) is 2.94. The predicted molar refractivity (Wildman–Crippen MR) is 53.1 cm³/mol. The largest absolute Gasteiger partial charge is 0.322 e. The van der Waals surface area contributed by atoms with Gasteiger partial charge in [0.25, 0.3) is 0 Å². The van der Waals surface area contributed by atoms with E-state index in [2.05, 4.69) is 4.98 Å². The van der Waals surface area contributed by atoms with E-state index in [9.17, 15) is 0 Å². The molecule has 2 nitrogen and oxygen atoms in total. The molecule has 1 atom stereocenters. The van der Waals surface area contributed by atoms with Crippen LogP contribution in [0.5, 0.6) is 0 Å². The van der Waals surface area contributed by atoms with Gasteiger partial charge in [-0.25, -0.2) is 0 Å². The van der Waals surface area contributed by atoms with Gasteiger partial charge in [0.05, 0.1) is 5.69 Å². The lowest BCUT2D eigenvalue weighted by Gasteiger charge is -2.17. The van der Waals surface area contributed by atoms with Gasteiger partial charge in [0, 0.05) is 12.2 Å². The molecule has 0 amide bonds. The summed E-state index contributed by atoms with van der Waals surface area (Å²) in [4.78, 5) is 4.30. The minimum Gasteiger partial charge on any atom is -0.322 e. The molecule has 0 saturated heterocycles. The summed E-state index contributed by atoms with van der Waals surface area (Å²) in [5.74, 6) is 0.662.